The van der Waals surface area contributed by atoms with E-state index < -0.39 is 0 Å². The molecule has 0 atom stereocenters. The highest BCUT2D eigenvalue weighted by Crippen LogP contribution is 2.28. The summed E-state index contributed by atoms with van der Waals surface area (Å²) in [4.78, 5) is 16.2. The Labute approximate surface area is 92.5 Å². The van der Waals surface area contributed by atoms with Gasteiger partial charge in [-0.2, -0.15) is 5.26 Å². The van der Waals surface area contributed by atoms with E-state index in [0.717, 1.165) is 5.39 Å². The minimum atomic E-state index is 0.165. The van der Waals surface area contributed by atoms with Gasteiger partial charge in [-0.15, -0.1) is 0 Å². The second-order valence-corrected chi connectivity index (χ2v) is 2.83. The molecule has 0 unspecified atom stereocenters. The Morgan fingerprint density at radius 1 is 1.25 bits per heavy atom. The number of nitriles is 1. The van der Waals surface area contributed by atoms with E-state index >= 15 is 0 Å². The second-order valence-electron chi connectivity index (χ2n) is 2.83. The van der Waals surface area contributed by atoms with Crippen molar-refractivity contribution in [1.82, 2.24) is 15.0 Å². The molecule has 1 aliphatic heterocycles. The first-order chi connectivity index (χ1) is 7.88. The van der Waals surface area contributed by atoms with Gasteiger partial charge < -0.3 is 0 Å². The van der Waals surface area contributed by atoms with Gasteiger partial charge in [0.2, 0.25) is 5.82 Å². The molecule has 0 saturated heterocycles. The third-order valence-electron chi connectivity index (χ3n) is 2.03. The Morgan fingerprint density at radius 2 is 2.06 bits per heavy atom. The van der Waals surface area contributed by atoms with Crippen molar-refractivity contribution in [1.29, 1.82) is 5.26 Å². The van der Waals surface area contributed by atoms with E-state index in [1.165, 1.54) is 0 Å². The van der Waals surface area contributed by atoms with E-state index in [9.17, 15) is 0 Å². The van der Waals surface area contributed by atoms with Crippen LogP contribution in [0.2, 0.25) is 0 Å². The van der Waals surface area contributed by atoms with Crippen LogP contribution in [0.4, 0.5) is 5.82 Å². The smallest absolute Gasteiger partial charge is 0.233 e. The molecule has 78 valence electrons. The Balaban J connectivity index is 0.000000457. The van der Waals surface area contributed by atoms with Crippen molar-refractivity contribution in [3.63, 3.8) is 0 Å². The predicted molar refractivity (Wildman–Crippen MR) is 60.7 cm³/mol. The van der Waals surface area contributed by atoms with Crippen molar-refractivity contribution in [3.05, 3.63) is 23.8 Å². The highest BCUT2D eigenvalue weighted by Gasteiger charge is 2.14. The molecule has 1 aliphatic rings. The van der Waals surface area contributed by atoms with Crippen LogP contribution < -0.4 is 0 Å². The van der Waals surface area contributed by atoms with Crippen LogP contribution in [0.15, 0.2) is 17.3 Å². The minimum absolute atomic E-state index is 0.165. The van der Waals surface area contributed by atoms with Crippen LogP contribution in [0.1, 0.15) is 25.4 Å². The predicted octanol–water partition coefficient (Wildman–Crippen LogP) is 1.99. The van der Waals surface area contributed by atoms with Crippen LogP contribution in [0.3, 0.4) is 0 Å². The maximum absolute atomic E-state index is 8.70. The summed E-state index contributed by atoms with van der Waals surface area (Å²) >= 11 is 0. The van der Waals surface area contributed by atoms with Gasteiger partial charge in [0.05, 0.1) is 22.8 Å². The number of hydrogen-bond acceptors (Lipinski definition) is 5. The van der Waals surface area contributed by atoms with Gasteiger partial charge in [0.1, 0.15) is 6.07 Å². The van der Waals surface area contributed by atoms with Gasteiger partial charge in [0.15, 0.2) is 5.82 Å². The summed E-state index contributed by atoms with van der Waals surface area (Å²) in [5.74, 6) is 0.792. The van der Waals surface area contributed by atoms with Crippen molar-refractivity contribution >= 4 is 22.9 Å². The van der Waals surface area contributed by atoms with Crippen molar-refractivity contribution in [2.75, 3.05) is 0 Å². The van der Waals surface area contributed by atoms with Gasteiger partial charge in [-0.3, -0.25) is 0 Å². The fourth-order valence-corrected chi connectivity index (χ4v) is 1.45. The molecule has 0 aliphatic carbocycles. The lowest BCUT2D eigenvalue weighted by atomic mass is 10.2. The second kappa shape index (κ2) is 4.03. The molecule has 5 heteroatoms. The first-order valence-corrected chi connectivity index (χ1v) is 4.99. The molecule has 0 N–H and O–H groups in total. The minimum Gasteiger partial charge on any atom is -0.236 e. The normalized spacial score (nSPS) is 10.8. The van der Waals surface area contributed by atoms with Crippen LogP contribution in [0.5, 0.6) is 0 Å². The molecule has 0 amide bonds. The van der Waals surface area contributed by atoms with E-state index in [-0.39, 0.29) is 5.82 Å². The van der Waals surface area contributed by atoms with Crippen molar-refractivity contribution < 1.29 is 0 Å². The molecule has 3 heterocycles. The van der Waals surface area contributed by atoms with E-state index in [4.69, 9.17) is 5.26 Å². The van der Waals surface area contributed by atoms with Crippen LogP contribution in [-0.4, -0.2) is 21.2 Å². The molecule has 2 aromatic rings. The number of hydrogen-bond donors (Lipinski definition) is 0. The van der Waals surface area contributed by atoms with Crippen LogP contribution in [-0.2, 0) is 0 Å². The molecule has 0 fully saturated rings. The molecular weight excluding hydrogens is 202 g/mol. The fourth-order valence-electron chi connectivity index (χ4n) is 1.45. The Bertz CT molecular complexity index is 610. The summed E-state index contributed by atoms with van der Waals surface area (Å²) in [6, 6.07) is 3.66. The average molecular weight is 211 g/mol. The number of nitrogens with zero attached hydrogens (tertiary/aromatic N) is 5. The van der Waals surface area contributed by atoms with Gasteiger partial charge in [0, 0.05) is 6.20 Å². The number of aliphatic imine (C=N–C) groups is 1. The SMILES string of the molecule is CC.N#Cc1nc2c3c(nccc3n1)N=C2. The Morgan fingerprint density at radius 3 is 2.81 bits per heavy atom. The molecule has 3 rings (SSSR count). The van der Waals surface area contributed by atoms with Gasteiger partial charge in [-0.1, -0.05) is 13.8 Å². The van der Waals surface area contributed by atoms with Crippen molar-refractivity contribution in [3.8, 4) is 6.07 Å². The highest BCUT2D eigenvalue weighted by atomic mass is 15.0. The lowest BCUT2D eigenvalue weighted by Crippen LogP contribution is -1.94. The van der Waals surface area contributed by atoms with Gasteiger partial charge in [-0.25, -0.2) is 19.9 Å². The van der Waals surface area contributed by atoms with E-state index in [0.29, 0.717) is 17.0 Å². The summed E-state index contributed by atoms with van der Waals surface area (Å²) in [7, 11) is 0. The zero-order valence-corrected chi connectivity index (χ0v) is 8.97. The quantitative estimate of drug-likeness (QED) is 0.569. The number of rotatable bonds is 0. The van der Waals surface area contributed by atoms with Gasteiger partial charge in [0.25, 0.3) is 0 Å². The monoisotopic (exact) mass is 211 g/mol. The first-order valence-electron chi connectivity index (χ1n) is 4.99. The maximum Gasteiger partial charge on any atom is 0.233 e. The van der Waals surface area contributed by atoms with E-state index in [1.54, 1.807) is 18.5 Å². The zero-order chi connectivity index (χ0) is 11.5. The largest absolute Gasteiger partial charge is 0.236 e. The molecule has 16 heavy (non-hydrogen) atoms. The maximum atomic E-state index is 8.70. The first kappa shape index (κ1) is 10.2. The molecule has 0 saturated carbocycles. The lowest BCUT2D eigenvalue weighted by Gasteiger charge is -1.97. The molecular formula is C11H9N5. The summed E-state index contributed by atoms with van der Waals surface area (Å²) in [5, 5.41) is 9.52. The van der Waals surface area contributed by atoms with Crippen molar-refractivity contribution in [2.45, 2.75) is 13.8 Å². The fraction of sp³-hybridized carbons (Fsp3) is 0.182. The molecule has 5 nitrogen and oxygen atoms in total. The third kappa shape index (κ3) is 1.41. The summed E-state index contributed by atoms with van der Waals surface area (Å²) < 4.78 is 0. The molecule has 2 aromatic heterocycles. The molecule has 0 aromatic carbocycles. The number of aromatic nitrogens is 3. The van der Waals surface area contributed by atoms with Crippen LogP contribution in [0, 0.1) is 11.3 Å². The van der Waals surface area contributed by atoms with Gasteiger partial charge >= 0.3 is 0 Å². The van der Waals surface area contributed by atoms with Crippen molar-refractivity contribution in [2.24, 2.45) is 4.99 Å². The topological polar surface area (TPSA) is 74.8 Å². The highest BCUT2D eigenvalue weighted by molar-refractivity contribution is 6.07. The summed E-state index contributed by atoms with van der Waals surface area (Å²) in [5.41, 5.74) is 1.39. The zero-order valence-electron chi connectivity index (χ0n) is 8.97. The molecule has 0 radical (unpaired) electrons. The average Bonchev–Trinajstić information content (AvgIpc) is 2.77. The standard InChI is InChI=1S/C9H3N5.C2H6/c10-3-7-13-5-1-2-11-9-8(5)6(14-7)4-12-9;1-2/h1-2,4H;1-2H3. The Kier molecular flexibility index (Phi) is 2.56. The summed E-state index contributed by atoms with van der Waals surface area (Å²) in [6.45, 7) is 4.00. The third-order valence-corrected chi connectivity index (χ3v) is 2.03. The lowest BCUT2D eigenvalue weighted by molar-refractivity contribution is 1.15. The van der Waals surface area contributed by atoms with E-state index in [2.05, 4.69) is 19.9 Å². The Hall–Kier alpha value is -2.35. The number of pyridine rings is 1. The summed E-state index contributed by atoms with van der Waals surface area (Å²) in [6.07, 6.45) is 3.23. The van der Waals surface area contributed by atoms with E-state index in [1.807, 2.05) is 19.9 Å². The molecule has 0 spiro atoms. The molecule has 0 bridgehead atoms. The van der Waals surface area contributed by atoms with Crippen LogP contribution in [0.25, 0.3) is 10.9 Å². The van der Waals surface area contributed by atoms with Gasteiger partial charge in [-0.05, 0) is 6.07 Å². The van der Waals surface area contributed by atoms with Crippen LogP contribution >= 0.6 is 0 Å².